The molecule has 0 aliphatic heterocycles. The van der Waals surface area contributed by atoms with Gasteiger partial charge in [-0.15, -0.1) is 0 Å². The number of carbonyl (C=O) groups is 2. The Morgan fingerprint density at radius 2 is 2.14 bits per heavy atom. The second kappa shape index (κ2) is 7.64. The quantitative estimate of drug-likeness (QED) is 0.670. The average Bonchev–Trinajstić information content (AvgIpc) is 3.29. The van der Waals surface area contributed by atoms with Crippen molar-refractivity contribution in [2.24, 2.45) is 5.92 Å². The molecule has 114 valence electrons. The number of benzene rings is 1. The van der Waals surface area contributed by atoms with Crippen LogP contribution in [-0.2, 0) is 9.53 Å². The first-order valence-electron chi connectivity index (χ1n) is 6.96. The normalized spacial score (nSPS) is 13.7. The van der Waals surface area contributed by atoms with Crippen LogP contribution in [0.3, 0.4) is 0 Å². The number of hydrogen-bond acceptors (Lipinski definition) is 4. The van der Waals surface area contributed by atoms with Crippen LogP contribution < -0.4 is 10.1 Å². The van der Waals surface area contributed by atoms with Crippen molar-refractivity contribution in [2.45, 2.75) is 12.8 Å². The Bertz CT molecular complexity index is 499. The van der Waals surface area contributed by atoms with Gasteiger partial charge in [-0.3, -0.25) is 4.79 Å². The number of carboxylic acids is 1. The highest BCUT2D eigenvalue weighted by Crippen LogP contribution is 2.28. The van der Waals surface area contributed by atoms with Crippen molar-refractivity contribution >= 4 is 11.9 Å². The summed E-state index contributed by atoms with van der Waals surface area (Å²) in [6.45, 7) is 1.29. The molecule has 1 aromatic carbocycles. The Kier molecular flexibility index (Phi) is 5.57. The summed E-state index contributed by atoms with van der Waals surface area (Å²) in [5.41, 5.74) is 0.431. The molecule has 0 unspecified atom stereocenters. The Hall–Kier alpha value is -2.08. The maximum atomic E-state index is 11.9. The van der Waals surface area contributed by atoms with Gasteiger partial charge in [-0.1, -0.05) is 6.07 Å². The Morgan fingerprint density at radius 3 is 2.86 bits per heavy atom. The van der Waals surface area contributed by atoms with E-state index in [4.69, 9.17) is 14.6 Å². The average molecular weight is 293 g/mol. The lowest BCUT2D eigenvalue weighted by Gasteiger charge is -2.08. The zero-order chi connectivity index (χ0) is 15.1. The SMILES string of the molecule is O=C(O)COc1cccc(C(=O)NCCOCC2CC2)c1. The fourth-order valence-electron chi connectivity index (χ4n) is 1.75. The van der Waals surface area contributed by atoms with Crippen molar-refractivity contribution in [1.82, 2.24) is 5.32 Å². The van der Waals surface area contributed by atoms with Crippen LogP contribution in [0.2, 0.25) is 0 Å². The van der Waals surface area contributed by atoms with Gasteiger partial charge in [-0.2, -0.15) is 0 Å². The first-order valence-corrected chi connectivity index (χ1v) is 6.96. The van der Waals surface area contributed by atoms with E-state index in [0.29, 0.717) is 30.4 Å². The van der Waals surface area contributed by atoms with Gasteiger partial charge in [0, 0.05) is 18.7 Å². The number of carboxylic acid groups (broad SMARTS) is 1. The molecule has 0 heterocycles. The molecule has 1 fully saturated rings. The van der Waals surface area contributed by atoms with Gasteiger partial charge in [0.15, 0.2) is 6.61 Å². The molecular formula is C15H19NO5. The summed E-state index contributed by atoms with van der Waals surface area (Å²) in [5, 5.41) is 11.3. The molecule has 1 amide bonds. The summed E-state index contributed by atoms with van der Waals surface area (Å²) in [4.78, 5) is 22.3. The number of ether oxygens (including phenoxy) is 2. The molecule has 1 aliphatic rings. The van der Waals surface area contributed by atoms with E-state index in [9.17, 15) is 9.59 Å². The minimum atomic E-state index is -1.06. The minimum Gasteiger partial charge on any atom is -0.482 e. The maximum Gasteiger partial charge on any atom is 0.341 e. The van der Waals surface area contributed by atoms with Crippen molar-refractivity contribution in [3.63, 3.8) is 0 Å². The Morgan fingerprint density at radius 1 is 1.33 bits per heavy atom. The molecule has 0 spiro atoms. The molecule has 1 aromatic rings. The van der Waals surface area contributed by atoms with Gasteiger partial charge in [0.25, 0.3) is 5.91 Å². The monoisotopic (exact) mass is 293 g/mol. The number of aliphatic carboxylic acids is 1. The van der Waals surface area contributed by atoms with E-state index in [0.717, 1.165) is 6.61 Å². The van der Waals surface area contributed by atoms with E-state index in [2.05, 4.69) is 5.32 Å². The van der Waals surface area contributed by atoms with Gasteiger partial charge in [-0.05, 0) is 37.0 Å². The fourth-order valence-corrected chi connectivity index (χ4v) is 1.75. The zero-order valence-electron chi connectivity index (χ0n) is 11.7. The van der Waals surface area contributed by atoms with Crippen LogP contribution in [0.15, 0.2) is 24.3 Å². The van der Waals surface area contributed by atoms with E-state index in [1.807, 2.05) is 0 Å². The van der Waals surface area contributed by atoms with Gasteiger partial charge < -0.3 is 19.9 Å². The number of nitrogens with one attached hydrogen (secondary N) is 1. The molecule has 2 N–H and O–H groups in total. The lowest BCUT2D eigenvalue weighted by molar-refractivity contribution is -0.139. The molecule has 21 heavy (non-hydrogen) atoms. The van der Waals surface area contributed by atoms with E-state index in [1.165, 1.54) is 18.9 Å². The third kappa shape index (κ3) is 5.83. The van der Waals surface area contributed by atoms with Crippen LogP contribution in [0.4, 0.5) is 0 Å². The minimum absolute atomic E-state index is 0.231. The van der Waals surface area contributed by atoms with Crippen LogP contribution in [0.25, 0.3) is 0 Å². The smallest absolute Gasteiger partial charge is 0.341 e. The Labute approximate surface area is 123 Å². The fraction of sp³-hybridized carbons (Fsp3) is 0.467. The standard InChI is InChI=1S/C15H19NO5/c17-14(18)10-21-13-3-1-2-12(8-13)15(19)16-6-7-20-9-11-4-5-11/h1-3,8,11H,4-7,9-10H2,(H,16,19)(H,17,18). The number of hydrogen-bond donors (Lipinski definition) is 2. The maximum absolute atomic E-state index is 11.9. The summed E-state index contributed by atoms with van der Waals surface area (Å²) in [7, 11) is 0. The molecule has 0 radical (unpaired) electrons. The molecule has 2 rings (SSSR count). The van der Waals surface area contributed by atoms with Crippen LogP contribution in [0.1, 0.15) is 23.2 Å². The molecule has 1 saturated carbocycles. The predicted molar refractivity (Wildman–Crippen MR) is 75.4 cm³/mol. The molecule has 0 saturated heterocycles. The summed E-state index contributed by atoms with van der Waals surface area (Å²) >= 11 is 0. The number of rotatable bonds is 9. The third-order valence-corrected chi connectivity index (χ3v) is 3.04. The predicted octanol–water partition coefficient (Wildman–Crippen LogP) is 1.31. The second-order valence-electron chi connectivity index (χ2n) is 4.98. The highest BCUT2D eigenvalue weighted by atomic mass is 16.5. The van der Waals surface area contributed by atoms with Gasteiger partial charge in [-0.25, -0.2) is 4.79 Å². The van der Waals surface area contributed by atoms with Gasteiger partial charge in [0.1, 0.15) is 5.75 Å². The van der Waals surface area contributed by atoms with E-state index in [1.54, 1.807) is 18.2 Å². The highest BCUT2D eigenvalue weighted by molar-refractivity contribution is 5.94. The largest absolute Gasteiger partial charge is 0.482 e. The summed E-state index contributed by atoms with van der Waals surface area (Å²) in [6.07, 6.45) is 2.49. The van der Waals surface area contributed by atoms with Crippen LogP contribution in [-0.4, -0.2) is 43.3 Å². The molecule has 1 aliphatic carbocycles. The van der Waals surface area contributed by atoms with Crippen LogP contribution >= 0.6 is 0 Å². The highest BCUT2D eigenvalue weighted by Gasteiger charge is 2.20. The first-order chi connectivity index (χ1) is 10.1. The van der Waals surface area contributed by atoms with Crippen molar-refractivity contribution in [3.05, 3.63) is 29.8 Å². The van der Waals surface area contributed by atoms with Crippen molar-refractivity contribution in [2.75, 3.05) is 26.4 Å². The van der Waals surface area contributed by atoms with E-state index in [-0.39, 0.29) is 5.91 Å². The van der Waals surface area contributed by atoms with Crippen LogP contribution in [0.5, 0.6) is 5.75 Å². The van der Waals surface area contributed by atoms with Gasteiger partial charge in [0.2, 0.25) is 0 Å². The van der Waals surface area contributed by atoms with Gasteiger partial charge in [0.05, 0.1) is 6.61 Å². The molecular weight excluding hydrogens is 274 g/mol. The lowest BCUT2D eigenvalue weighted by Crippen LogP contribution is -2.27. The lowest BCUT2D eigenvalue weighted by atomic mass is 10.2. The first kappa shape index (κ1) is 15.3. The molecule has 6 heteroatoms. The summed E-state index contributed by atoms with van der Waals surface area (Å²) in [6, 6.07) is 6.42. The summed E-state index contributed by atoms with van der Waals surface area (Å²) < 4.78 is 10.5. The molecule has 0 aromatic heterocycles. The molecule has 0 atom stereocenters. The summed E-state index contributed by atoms with van der Waals surface area (Å²) in [5.74, 6) is -0.220. The van der Waals surface area contributed by atoms with E-state index < -0.39 is 12.6 Å². The van der Waals surface area contributed by atoms with Crippen molar-refractivity contribution in [3.8, 4) is 5.75 Å². The number of amides is 1. The van der Waals surface area contributed by atoms with Crippen molar-refractivity contribution < 1.29 is 24.2 Å². The third-order valence-electron chi connectivity index (χ3n) is 3.04. The second-order valence-corrected chi connectivity index (χ2v) is 4.98. The number of carbonyl (C=O) groups excluding carboxylic acids is 1. The van der Waals surface area contributed by atoms with E-state index >= 15 is 0 Å². The zero-order valence-corrected chi connectivity index (χ0v) is 11.7. The van der Waals surface area contributed by atoms with Crippen molar-refractivity contribution in [1.29, 1.82) is 0 Å². The molecule has 0 bridgehead atoms. The Balaban J connectivity index is 1.72. The van der Waals surface area contributed by atoms with Crippen LogP contribution in [0, 0.1) is 5.92 Å². The topological polar surface area (TPSA) is 84.9 Å². The molecule has 6 nitrogen and oxygen atoms in total. The van der Waals surface area contributed by atoms with Gasteiger partial charge >= 0.3 is 5.97 Å².